The molecule has 0 aliphatic carbocycles. The van der Waals surface area contributed by atoms with Crippen LogP contribution in [0.2, 0.25) is 0 Å². The highest BCUT2D eigenvalue weighted by Gasteiger charge is 2.17. The maximum atomic E-state index is 9.67. The van der Waals surface area contributed by atoms with Crippen molar-refractivity contribution in [3.8, 4) is 12.1 Å². The fourth-order valence-corrected chi connectivity index (χ4v) is 2.62. The van der Waals surface area contributed by atoms with Crippen LogP contribution in [-0.2, 0) is 0 Å². The molecule has 3 aromatic rings. The molecule has 126 valence electrons. The monoisotopic (exact) mass is 339 g/mol. The standard InChI is InChI=1S/C21H17N5/c1-14-3-7-17(8-4-14)19(13-23)20-11-15(2)24-21(26-20)25-18-9-5-16(12-22)6-10-18/h3-11,19H,1-2H3,(H,24,25,26). The fraction of sp³-hybridized carbons (Fsp3) is 0.143. The molecule has 0 aliphatic rings. The zero-order chi connectivity index (χ0) is 18.5. The maximum absolute atomic E-state index is 9.67. The summed E-state index contributed by atoms with van der Waals surface area (Å²) in [7, 11) is 0. The molecule has 0 saturated carbocycles. The van der Waals surface area contributed by atoms with E-state index in [1.54, 1.807) is 24.3 Å². The van der Waals surface area contributed by atoms with Crippen LogP contribution in [0.3, 0.4) is 0 Å². The van der Waals surface area contributed by atoms with Gasteiger partial charge in [-0.25, -0.2) is 9.97 Å². The summed E-state index contributed by atoms with van der Waals surface area (Å²) in [6.07, 6.45) is 0. The van der Waals surface area contributed by atoms with E-state index in [9.17, 15) is 5.26 Å². The fourth-order valence-electron chi connectivity index (χ4n) is 2.62. The number of hydrogen-bond acceptors (Lipinski definition) is 5. The number of rotatable bonds is 4. The van der Waals surface area contributed by atoms with Gasteiger partial charge >= 0.3 is 0 Å². The van der Waals surface area contributed by atoms with Gasteiger partial charge in [0.25, 0.3) is 0 Å². The van der Waals surface area contributed by atoms with E-state index in [1.165, 1.54) is 0 Å². The predicted molar refractivity (Wildman–Crippen MR) is 99.8 cm³/mol. The predicted octanol–water partition coefficient (Wildman–Crippen LogP) is 4.36. The molecule has 3 rings (SSSR count). The summed E-state index contributed by atoms with van der Waals surface area (Å²) >= 11 is 0. The van der Waals surface area contributed by atoms with Crippen molar-refractivity contribution in [3.63, 3.8) is 0 Å². The van der Waals surface area contributed by atoms with Crippen LogP contribution in [0.4, 0.5) is 11.6 Å². The van der Waals surface area contributed by atoms with Gasteiger partial charge in [0.2, 0.25) is 5.95 Å². The Labute approximate surface area is 152 Å². The SMILES string of the molecule is Cc1ccc(C(C#N)c2cc(C)nc(Nc3ccc(C#N)cc3)n2)cc1. The van der Waals surface area contributed by atoms with Crippen LogP contribution in [0, 0.1) is 36.5 Å². The average molecular weight is 339 g/mol. The van der Waals surface area contributed by atoms with E-state index in [4.69, 9.17) is 5.26 Å². The second-order valence-electron chi connectivity index (χ2n) is 6.04. The maximum Gasteiger partial charge on any atom is 0.227 e. The van der Waals surface area contributed by atoms with Crippen molar-refractivity contribution in [3.05, 3.63) is 82.7 Å². The lowest BCUT2D eigenvalue weighted by Gasteiger charge is -2.12. The lowest BCUT2D eigenvalue weighted by atomic mass is 9.96. The van der Waals surface area contributed by atoms with Gasteiger partial charge in [-0.15, -0.1) is 0 Å². The molecule has 26 heavy (non-hydrogen) atoms. The molecule has 1 atom stereocenters. The van der Waals surface area contributed by atoms with Crippen molar-refractivity contribution >= 4 is 11.6 Å². The van der Waals surface area contributed by atoms with Gasteiger partial charge in [0.1, 0.15) is 5.92 Å². The largest absolute Gasteiger partial charge is 0.324 e. The van der Waals surface area contributed by atoms with Gasteiger partial charge in [-0.1, -0.05) is 29.8 Å². The van der Waals surface area contributed by atoms with Crippen molar-refractivity contribution < 1.29 is 0 Å². The van der Waals surface area contributed by atoms with Crippen molar-refractivity contribution in [2.75, 3.05) is 5.32 Å². The molecule has 5 nitrogen and oxygen atoms in total. The number of aromatic nitrogens is 2. The molecule has 0 fully saturated rings. The van der Waals surface area contributed by atoms with Gasteiger partial charge in [-0.3, -0.25) is 0 Å². The van der Waals surface area contributed by atoms with Gasteiger partial charge in [0, 0.05) is 11.4 Å². The van der Waals surface area contributed by atoms with Gasteiger partial charge in [-0.2, -0.15) is 10.5 Å². The first-order chi connectivity index (χ1) is 12.6. The first-order valence-corrected chi connectivity index (χ1v) is 8.18. The Bertz CT molecular complexity index is 993. The number of nitriles is 2. The van der Waals surface area contributed by atoms with E-state index in [-0.39, 0.29) is 0 Å². The number of hydrogen-bond donors (Lipinski definition) is 1. The van der Waals surface area contributed by atoms with Gasteiger partial charge < -0.3 is 5.32 Å². The minimum atomic E-state index is -0.459. The number of benzene rings is 2. The molecule has 1 heterocycles. The Kier molecular flexibility index (Phi) is 4.92. The van der Waals surface area contributed by atoms with Crippen LogP contribution in [-0.4, -0.2) is 9.97 Å². The molecule has 2 aromatic carbocycles. The highest BCUT2D eigenvalue weighted by atomic mass is 15.1. The minimum Gasteiger partial charge on any atom is -0.324 e. The summed E-state index contributed by atoms with van der Waals surface area (Å²) in [6, 6.07) is 21.2. The third kappa shape index (κ3) is 3.85. The molecule has 5 heteroatoms. The Hall–Kier alpha value is -3.70. The molecule has 0 aliphatic heterocycles. The molecule has 0 amide bonds. The Morgan fingerprint density at radius 3 is 2.23 bits per heavy atom. The Balaban J connectivity index is 1.92. The quantitative estimate of drug-likeness (QED) is 0.763. The van der Waals surface area contributed by atoms with Crippen molar-refractivity contribution in [2.45, 2.75) is 19.8 Å². The minimum absolute atomic E-state index is 0.428. The van der Waals surface area contributed by atoms with Crippen molar-refractivity contribution in [1.82, 2.24) is 9.97 Å². The highest BCUT2D eigenvalue weighted by Crippen LogP contribution is 2.25. The second-order valence-corrected chi connectivity index (χ2v) is 6.04. The summed E-state index contributed by atoms with van der Waals surface area (Å²) in [6.45, 7) is 3.89. The molecule has 1 unspecified atom stereocenters. The van der Waals surface area contributed by atoms with Gasteiger partial charge in [0.05, 0.1) is 23.4 Å². The van der Waals surface area contributed by atoms with Crippen LogP contribution < -0.4 is 5.32 Å². The van der Waals surface area contributed by atoms with E-state index < -0.39 is 5.92 Å². The number of nitrogens with zero attached hydrogens (tertiary/aromatic N) is 4. The van der Waals surface area contributed by atoms with Gasteiger partial charge in [0.15, 0.2) is 0 Å². The molecule has 0 saturated heterocycles. The van der Waals surface area contributed by atoms with E-state index >= 15 is 0 Å². The van der Waals surface area contributed by atoms with Gasteiger partial charge in [-0.05, 0) is 49.7 Å². The molecule has 0 radical (unpaired) electrons. The first-order valence-electron chi connectivity index (χ1n) is 8.18. The first kappa shape index (κ1) is 17.1. The van der Waals surface area contributed by atoms with Crippen LogP contribution >= 0.6 is 0 Å². The van der Waals surface area contributed by atoms with Crippen molar-refractivity contribution in [2.24, 2.45) is 0 Å². The van der Waals surface area contributed by atoms with Crippen LogP contribution in [0.5, 0.6) is 0 Å². The lowest BCUT2D eigenvalue weighted by Crippen LogP contribution is -2.06. The molecular formula is C21H17N5. The summed E-state index contributed by atoms with van der Waals surface area (Å²) in [5, 5.41) is 21.7. The summed E-state index contributed by atoms with van der Waals surface area (Å²) in [5.41, 5.74) is 4.85. The molecule has 0 spiro atoms. The number of aryl methyl sites for hydroxylation is 2. The zero-order valence-corrected chi connectivity index (χ0v) is 14.6. The molecular weight excluding hydrogens is 322 g/mol. The zero-order valence-electron chi connectivity index (χ0n) is 14.6. The number of nitrogens with one attached hydrogen (secondary N) is 1. The van der Waals surface area contributed by atoms with Crippen molar-refractivity contribution in [1.29, 1.82) is 10.5 Å². The van der Waals surface area contributed by atoms with Crippen LogP contribution in [0.1, 0.15) is 34.0 Å². The second kappa shape index (κ2) is 7.46. The molecule has 1 N–H and O–H groups in total. The summed E-state index contributed by atoms with van der Waals surface area (Å²) in [4.78, 5) is 8.93. The third-order valence-corrected chi connectivity index (χ3v) is 3.98. The smallest absolute Gasteiger partial charge is 0.227 e. The van der Waals surface area contributed by atoms with E-state index in [2.05, 4.69) is 27.4 Å². The van der Waals surface area contributed by atoms with Crippen LogP contribution in [0.15, 0.2) is 54.6 Å². The Morgan fingerprint density at radius 1 is 0.923 bits per heavy atom. The highest BCUT2D eigenvalue weighted by molar-refractivity contribution is 5.55. The molecule has 0 bridgehead atoms. The lowest BCUT2D eigenvalue weighted by molar-refractivity contribution is 0.934. The van der Waals surface area contributed by atoms with Crippen LogP contribution in [0.25, 0.3) is 0 Å². The van der Waals surface area contributed by atoms with E-state index in [0.717, 1.165) is 22.5 Å². The van der Waals surface area contributed by atoms with E-state index in [0.29, 0.717) is 17.2 Å². The summed E-state index contributed by atoms with van der Waals surface area (Å²) in [5.74, 6) is -0.0316. The Morgan fingerprint density at radius 2 is 1.62 bits per heavy atom. The average Bonchev–Trinajstić information content (AvgIpc) is 2.64. The van der Waals surface area contributed by atoms with E-state index in [1.807, 2.05) is 44.2 Å². The number of anilines is 2. The molecule has 1 aromatic heterocycles. The summed E-state index contributed by atoms with van der Waals surface area (Å²) < 4.78 is 0. The topological polar surface area (TPSA) is 85.4 Å². The third-order valence-electron chi connectivity index (χ3n) is 3.98. The normalized spacial score (nSPS) is 11.2.